The maximum absolute atomic E-state index is 13.1. The van der Waals surface area contributed by atoms with E-state index in [9.17, 15) is 13.2 Å². The molecule has 9 heteroatoms. The van der Waals surface area contributed by atoms with Gasteiger partial charge in [-0.3, -0.25) is 9.80 Å². The lowest BCUT2D eigenvalue weighted by Gasteiger charge is -2.31. The second kappa shape index (κ2) is 7.54. The molecule has 2 aromatic rings. The van der Waals surface area contributed by atoms with Gasteiger partial charge in [-0.1, -0.05) is 41.9 Å². The quantitative estimate of drug-likeness (QED) is 0.762. The van der Waals surface area contributed by atoms with Crippen LogP contribution in [-0.4, -0.2) is 50.6 Å². The molecule has 0 aromatic heterocycles. The molecule has 4 rings (SSSR count). The van der Waals surface area contributed by atoms with Crippen LogP contribution in [0.3, 0.4) is 0 Å². The van der Waals surface area contributed by atoms with Crippen LogP contribution in [0.1, 0.15) is 5.56 Å². The standard InChI is InChI=1S/C19H18ClN3O4S/c20-15-6-7-16-17(12-15)28(25,26)18(19(24)22-8-10-27-11-9-22)21-23(16)13-14-4-2-1-3-5-14/h1-7,12H,8-11,13H2. The van der Waals surface area contributed by atoms with Crippen LogP contribution < -0.4 is 5.01 Å². The highest BCUT2D eigenvalue weighted by molar-refractivity contribution is 8.08. The van der Waals surface area contributed by atoms with E-state index in [2.05, 4.69) is 5.10 Å². The lowest BCUT2D eigenvalue weighted by Crippen LogP contribution is -2.47. The van der Waals surface area contributed by atoms with Gasteiger partial charge < -0.3 is 9.64 Å². The van der Waals surface area contributed by atoms with Gasteiger partial charge in [0.1, 0.15) is 4.90 Å². The Morgan fingerprint density at radius 2 is 1.82 bits per heavy atom. The minimum Gasteiger partial charge on any atom is -0.378 e. The Bertz CT molecular complexity index is 1030. The highest BCUT2D eigenvalue weighted by Crippen LogP contribution is 2.35. The predicted octanol–water partition coefficient (Wildman–Crippen LogP) is 2.31. The molecule has 146 valence electrons. The van der Waals surface area contributed by atoms with E-state index < -0.39 is 20.8 Å². The molecule has 0 radical (unpaired) electrons. The number of hydrogen-bond acceptors (Lipinski definition) is 6. The molecule has 2 aromatic carbocycles. The number of rotatable bonds is 3. The van der Waals surface area contributed by atoms with Crippen LogP contribution in [0, 0.1) is 0 Å². The fraction of sp³-hybridized carbons (Fsp3) is 0.263. The highest BCUT2D eigenvalue weighted by Gasteiger charge is 2.39. The van der Waals surface area contributed by atoms with Gasteiger partial charge in [0, 0.05) is 18.1 Å². The number of ether oxygens (including phenoxy) is 1. The van der Waals surface area contributed by atoms with Crippen molar-refractivity contribution in [2.75, 3.05) is 31.3 Å². The van der Waals surface area contributed by atoms with Crippen LogP contribution >= 0.6 is 11.6 Å². The van der Waals surface area contributed by atoms with Crippen molar-refractivity contribution >= 4 is 38.1 Å². The summed E-state index contributed by atoms with van der Waals surface area (Å²) in [5.41, 5.74) is 1.33. The lowest BCUT2D eigenvalue weighted by molar-refractivity contribution is -0.127. The van der Waals surface area contributed by atoms with Crippen LogP contribution in [0.4, 0.5) is 5.69 Å². The fourth-order valence-corrected chi connectivity index (χ4v) is 4.92. The number of carbonyl (C=O) groups is 1. The van der Waals surface area contributed by atoms with E-state index >= 15 is 0 Å². The summed E-state index contributed by atoms with van der Waals surface area (Å²) in [6.45, 7) is 1.72. The zero-order valence-electron chi connectivity index (χ0n) is 14.9. The maximum Gasteiger partial charge on any atom is 0.286 e. The Kier molecular flexibility index (Phi) is 5.09. The van der Waals surface area contributed by atoms with Crippen LogP contribution in [-0.2, 0) is 25.9 Å². The first-order chi connectivity index (χ1) is 13.5. The molecule has 0 unspecified atom stereocenters. The first-order valence-corrected chi connectivity index (χ1v) is 10.6. The van der Waals surface area contributed by atoms with Gasteiger partial charge in [-0.15, -0.1) is 0 Å². The van der Waals surface area contributed by atoms with Gasteiger partial charge in [0.25, 0.3) is 5.91 Å². The molecule has 1 fully saturated rings. The molecule has 28 heavy (non-hydrogen) atoms. The minimum absolute atomic E-state index is 0.0115. The SMILES string of the molecule is O=C(C1=NN(Cc2ccccc2)c2ccc(Cl)cc2S1(=O)=O)N1CCOCC1. The molecular weight excluding hydrogens is 402 g/mol. The summed E-state index contributed by atoms with van der Waals surface area (Å²) >= 11 is 6.05. The van der Waals surface area contributed by atoms with E-state index in [1.807, 2.05) is 30.3 Å². The van der Waals surface area contributed by atoms with E-state index in [1.165, 1.54) is 16.0 Å². The number of fused-ring (bicyclic) bond motifs is 1. The van der Waals surface area contributed by atoms with Gasteiger partial charge in [0.2, 0.25) is 14.9 Å². The average Bonchev–Trinajstić information content (AvgIpc) is 2.71. The molecule has 0 aliphatic carbocycles. The Hall–Kier alpha value is -2.42. The monoisotopic (exact) mass is 419 g/mol. The smallest absolute Gasteiger partial charge is 0.286 e. The van der Waals surface area contributed by atoms with Crippen molar-refractivity contribution in [3.05, 3.63) is 59.1 Å². The van der Waals surface area contributed by atoms with E-state index in [-0.39, 0.29) is 9.92 Å². The van der Waals surface area contributed by atoms with Crippen molar-refractivity contribution in [1.82, 2.24) is 4.90 Å². The van der Waals surface area contributed by atoms with Gasteiger partial charge in [0.05, 0.1) is 25.4 Å². The number of nitrogens with zero attached hydrogens (tertiary/aromatic N) is 3. The first-order valence-electron chi connectivity index (χ1n) is 8.78. The number of benzene rings is 2. The number of carbonyl (C=O) groups excluding carboxylic acids is 1. The average molecular weight is 420 g/mol. The molecule has 0 saturated carbocycles. The molecule has 2 aliphatic rings. The van der Waals surface area contributed by atoms with E-state index in [0.29, 0.717) is 38.5 Å². The minimum atomic E-state index is -4.09. The Morgan fingerprint density at radius 3 is 2.54 bits per heavy atom. The van der Waals surface area contributed by atoms with Crippen molar-refractivity contribution in [2.45, 2.75) is 11.4 Å². The molecule has 0 bridgehead atoms. The molecular formula is C19H18ClN3O4S. The zero-order chi connectivity index (χ0) is 19.7. The summed E-state index contributed by atoms with van der Waals surface area (Å²) in [5.74, 6) is -0.619. The number of sulfone groups is 1. The summed E-state index contributed by atoms with van der Waals surface area (Å²) in [7, 11) is -4.09. The highest BCUT2D eigenvalue weighted by atomic mass is 35.5. The van der Waals surface area contributed by atoms with Crippen LogP contribution in [0.5, 0.6) is 0 Å². The molecule has 2 heterocycles. The third-order valence-electron chi connectivity index (χ3n) is 4.61. The van der Waals surface area contributed by atoms with Crippen molar-refractivity contribution in [3.8, 4) is 0 Å². The van der Waals surface area contributed by atoms with Gasteiger partial charge in [-0.25, -0.2) is 8.42 Å². The van der Waals surface area contributed by atoms with Gasteiger partial charge >= 0.3 is 0 Å². The number of hydrazone groups is 1. The van der Waals surface area contributed by atoms with Gasteiger partial charge in [-0.05, 0) is 23.8 Å². The van der Waals surface area contributed by atoms with Crippen molar-refractivity contribution < 1.29 is 17.9 Å². The summed E-state index contributed by atoms with van der Waals surface area (Å²) < 4.78 is 31.5. The number of anilines is 1. The Balaban J connectivity index is 1.79. The van der Waals surface area contributed by atoms with Gasteiger partial charge in [-0.2, -0.15) is 5.10 Å². The number of morpholine rings is 1. The maximum atomic E-state index is 13.1. The predicted molar refractivity (Wildman–Crippen MR) is 106 cm³/mol. The topological polar surface area (TPSA) is 79.3 Å². The van der Waals surface area contributed by atoms with E-state index in [1.54, 1.807) is 12.1 Å². The molecule has 0 N–H and O–H groups in total. The molecule has 0 atom stereocenters. The number of amides is 1. The second-order valence-electron chi connectivity index (χ2n) is 6.47. The lowest BCUT2D eigenvalue weighted by atomic mass is 10.2. The third kappa shape index (κ3) is 3.50. The molecule has 0 spiro atoms. The normalized spacial score (nSPS) is 18.4. The van der Waals surface area contributed by atoms with Crippen molar-refractivity contribution in [3.63, 3.8) is 0 Å². The summed E-state index contributed by atoms with van der Waals surface area (Å²) in [6, 6.07) is 14.1. The first kappa shape index (κ1) is 18.9. The summed E-state index contributed by atoms with van der Waals surface area (Å²) in [5, 5.41) is 5.59. The largest absolute Gasteiger partial charge is 0.378 e. The molecule has 1 saturated heterocycles. The fourth-order valence-electron chi connectivity index (χ4n) is 3.17. The van der Waals surface area contributed by atoms with Crippen LogP contribution in [0.2, 0.25) is 5.02 Å². The molecule has 2 aliphatic heterocycles. The van der Waals surface area contributed by atoms with Crippen LogP contribution in [0.25, 0.3) is 0 Å². The number of hydrogen-bond donors (Lipinski definition) is 0. The van der Waals surface area contributed by atoms with Crippen molar-refractivity contribution in [1.29, 1.82) is 0 Å². The summed E-state index contributed by atoms with van der Waals surface area (Å²) in [6.07, 6.45) is 0. The molecule has 7 nitrogen and oxygen atoms in total. The second-order valence-corrected chi connectivity index (χ2v) is 8.74. The van der Waals surface area contributed by atoms with E-state index in [0.717, 1.165) is 5.56 Å². The van der Waals surface area contributed by atoms with Crippen LogP contribution in [0.15, 0.2) is 58.5 Å². The van der Waals surface area contributed by atoms with Crippen molar-refractivity contribution in [2.24, 2.45) is 5.10 Å². The molecule has 1 amide bonds. The number of halogens is 1. The summed E-state index contributed by atoms with van der Waals surface area (Å²) in [4.78, 5) is 14.4. The Labute approximate surface area is 168 Å². The van der Waals surface area contributed by atoms with E-state index in [4.69, 9.17) is 16.3 Å². The zero-order valence-corrected chi connectivity index (χ0v) is 16.5. The Morgan fingerprint density at radius 1 is 1.11 bits per heavy atom. The third-order valence-corrected chi connectivity index (χ3v) is 6.52. The van der Waals surface area contributed by atoms with Gasteiger partial charge in [0.15, 0.2) is 0 Å².